The van der Waals surface area contributed by atoms with Crippen LogP contribution in [0, 0.1) is 23.7 Å². The van der Waals surface area contributed by atoms with Gasteiger partial charge in [-0.25, -0.2) is 9.78 Å². The predicted octanol–water partition coefficient (Wildman–Crippen LogP) is 3.50. The molecule has 0 aromatic carbocycles. The van der Waals surface area contributed by atoms with Crippen LogP contribution < -0.4 is 5.32 Å². The number of fused-ring (bicyclic) bond motifs is 1. The second-order valence-electron chi connectivity index (χ2n) is 7.69. The maximum Gasteiger partial charge on any atom is 0.339 e. The Hall–Kier alpha value is -2.04. The van der Waals surface area contributed by atoms with Gasteiger partial charge in [0.1, 0.15) is 11.2 Å². The number of aromatic nitrogens is 2. The van der Waals surface area contributed by atoms with E-state index in [1.807, 2.05) is 12.3 Å². The molecular formula is C18H21N3O2. The molecule has 0 amide bonds. The molecule has 120 valence electrons. The van der Waals surface area contributed by atoms with Crippen LogP contribution in [-0.4, -0.2) is 27.1 Å². The van der Waals surface area contributed by atoms with Crippen molar-refractivity contribution in [2.24, 2.45) is 23.7 Å². The maximum absolute atomic E-state index is 11.6. The molecular weight excluding hydrogens is 290 g/mol. The molecule has 0 saturated heterocycles. The van der Waals surface area contributed by atoms with Gasteiger partial charge in [-0.1, -0.05) is 0 Å². The van der Waals surface area contributed by atoms with Gasteiger partial charge in [0.15, 0.2) is 0 Å². The summed E-state index contributed by atoms with van der Waals surface area (Å²) in [6.07, 6.45) is 9.98. The molecule has 0 aliphatic heterocycles. The van der Waals surface area contributed by atoms with Crippen molar-refractivity contribution in [3.05, 3.63) is 24.0 Å². The highest BCUT2D eigenvalue weighted by molar-refractivity contribution is 6.03. The van der Waals surface area contributed by atoms with Gasteiger partial charge in [-0.2, -0.15) is 0 Å². The number of hydrogen-bond donors (Lipinski definition) is 3. The zero-order valence-corrected chi connectivity index (χ0v) is 13.0. The van der Waals surface area contributed by atoms with Crippen molar-refractivity contribution >= 4 is 22.7 Å². The Morgan fingerprint density at radius 3 is 2.52 bits per heavy atom. The second-order valence-corrected chi connectivity index (χ2v) is 7.69. The van der Waals surface area contributed by atoms with Gasteiger partial charge >= 0.3 is 5.97 Å². The van der Waals surface area contributed by atoms with Crippen LogP contribution in [0.15, 0.2) is 18.5 Å². The van der Waals surface area contributed by atoms with E-state index in [0.717, 1.165) is 28.6 Å². The number of H-pyrrole nitrogens is 1. The Morgan fingerprint density at radius 2 is 1.87 bits per heavy atom. The summed E-state index contributed by atoms with van der Waals surface area (Å²) in [4.78, 5) is 19.0. The van der Waals surface area contributed by atoms with Crippen LogP contribution in [0.2, 0.25) is 0 Å². The largest absolute Gasteiger partial charge is 0.478 e. The molecule has 2 heterocycles. The highest BCUT2D eigenvalue weighted by atomic mass is 16.4. The Morgan fingerprint density at radius 1 is 1.17 bits per heavy atom. The van der Waals surface area contributed by atoms with Gasteiger partial charge in [0, 0.05) is 23.8 Å². The van der Waals surface area contributed by atoms with E-state index in [-0.39, 0.29) is 5.56 Å². The zero-order valence-electron chi connectivity index (χ0n) is 13.0. The molecule has 4 aliphatic carbocycles. The van der Waals surface area contributed by atoms with Crippen LogP contribution in [0.25, 0.3) is 11.0 Å². The first kappa shape index (κ1) is 13.4. The third kappa shape index (κ3) is 1.98. The van der Waals surface area contributed by atoms with Gasteiger partial charge in [0.25, 0.3) is 0 Å². The highest BCUT2D eigenvalue weighted by Crippen LogP contribution is 2.54. The summed E-state index contributed by atoms with van der Waals surface area (Å²) in [5.41, 5.74) is 1.79. The number of nitrogens with one attached hydrogen (secondary N) is 2. The molecule has 4 fully saturated rings. The molecule has 0 spiro atoms. The molecule has 4 bridgehead atoms. The summed E-state index contributed by atoms with van der Waals surface area (Å²) in [6, 6.07) is 2.34. The van der Waals surface area contributed by atoms with Crippen molar-refractivity contribution in [2.45, 2.75) is 38.1 Å². The molecule has 4 saturated carbocycles. The van der Waals surface area contributed by atoms with Gasteiger partial charge in [0.05, 0.1) is 5.69 Å². The number of anilines is 1. The lowest BCUT2D eigenvalue weighted by molar-refractivity contribution is 0.00753. The standard InChI is InChI=1S/C18H21N3O2/c22-18(23)14-8-20-17-13(1-2-19-17)16(14)21-15-11-4-9-3-10(6-11)7-12(15)5-9/h1-2,8-12,15H,3-7H2,(H,22,23)(H2,19,20,21)/t9-,10+,11-,12+,15?. The van der Waals surface area contributed by atoms with E-state index in [1.165, 1.54) is 38.3 Å². The number of nitrogens with zero attached hydrogens (tertiary/aromatic N) is 1. The van der Waals surface area contributed by atoms with Gasteiger partial charge in [-0.05, 0) is 61.8 Å². The smallest absolute Gasteiger partial charge is 0.339 e. The Balaban J connectivity index is 1.55. The number of pyridine rings is 1. The lowest BCUT2D eigenvalue weighted by Gasteiger charge is -2.54. The Labute approximate surface area is 134 Å². The highest BCUT2D eigenvalue weighted by Gasteiger charge is 2.48. The minimum atomic E-state index is -0.910. The van der Waals surface area contributed by atoms with Crippen molar-refractivity contribution < 1.29 is 9.90 Å². The number of carboxylic acids is 1. The molecule has 5 heteroatoms. The number of carboxylic acid groups (broad SMARTS) is 1. The van der Waals surface area contributed by atoms with Crippen molar-refractivity contribution in [1.82, 2.24) is 9.97 Å². The lowest BCUT2D eigenvalue weighted by Crippen LogP contribution is -2.51. The fourth-order valence-corrected chi connectivity index (χ4v) is 5.65. The van der Waals surface area contributed by atoms with E-state index >= 15 is 0 Å². The van der Waals surface area contributed by atoms with E-state index < -0.39 is 5.97 Å². The van der Waals surface area contributed by atoms with Crippen molar-refractivity contribution in [3.63, 3.8) is 0 Å². The fraction of sp³-hybridized carbons (Fsp3) is 0.556. The molecule has 0 atom stereocenters. The molecule has 0 radical (unpaired) electrons. The lowest BCUT2D eigenvalue weighted by atomic mass is 9.54. The van der Waals surface area contributed by atoms with Crippen molar-refractivity contribution in [3.8, 4) is 0 Å². The summed E-state index contributed by atoms with van der Waals surface area (Å²) >= 11 is 0. The number of rotatable bonds is 3. The van der Waals surface area contributed by atoms with E-state index in [0.29, 0.717) is 17.9 Å². The van der Waals surface area contributed by atoms with Gasteiger partial charge in [0.2, 0.25) is 0 Å². The molecule has 23 heavy (non-hydrogen) atoms. The Bertz CT molecular complexity index is 754. The molecule has 3 N–H and O–H groups in total. The van der Waals surface area contributed by atoms with Gasteiger partial charge in [-0.3, -0.25) is 0 Å². The summed E-state index contributed by atoms with van der Waals surface area (Å²) < 4.78 is 0. The van der Waals surface area contributed by atoms with Gasteiger partial charge in [-0.15, -0.1) is 0 Å². The fourth-order valence-electron chi connectivity index (χ4n) is 5.65. The molecule has 5 nitrogen and oxygen atoms in total. The summed E-state index contributed by atoms with van der Waals surface area (Å²) in [7, 11) is 0. The second kappa shape index (κ2) is 4.73. The molecule has 2 aromatic heterocycles. The molecule has 2 aromatic rings. The molecule has 0 unspecified atom stereocenters. The van der Waals surface area contributed by atoms with Crippen molar-refractivity contribution in [1.29, 1.82) is 0 Å². The van der Waals surface area contributed by atoms with E-state index in [1.54, 1.807) is 0 Å². The maximum atomic E-state index is 11.6. The first-order valence-corrected chi connectivity index (χ1v) is 8.65. The summed E-state index contributed by atoms with van der Waals surface area (Å²) in [5, 5.41) is 14.1. The van der Waals surface area contributed by atoms with Crippen LogP contribution in [0.1, 0.15) is 42.5 Å². The number of aromatic carboxylic acids is 1. The summed E-state index contributed by atoms with van der Waals surface area (Å²) in [6.45, 7) is 0. The predicted molar refractivity (Wildman–Crippen MR) is 87.5 cm³/mol. The van der Waals surface area contributed by atoms with Crippen LogP contribution in [-0.2, 0) is 0 Å². The first-order valence-electron chi connectivity index (χ1n) is 8.65. The monoisotopic (exact) mass is 311 g/mol. The third-order valence-corrected chi connectivity index (χ3v) is 6.35. The van der Waals surface area contributed by atoms with Crippen LogP contribution in [0.4, 0.5) is 5.69 Å². The zero-order chi connectivity index (χ0) is 15.6. The minimum Gasteiger partial charge on any atom is -0.478 e. The average Bonchev–Trinajstić information content (AvgIpc) is 2.98. The third-order valence-electron chi connectivity index (χ3n) is 6.35. The van der Waals surface area contributed by atoms with E-state index in [9.17, 15) is 9.90 Å². The van der Waals surface area contributed by atoms with Gasteiger partial charge < -0.3 is 15.4 Å². The van der Waals surface area contributed by atoms with Crippen LogP contribution in [0.5, 0.6) is 0 Å². The van der Waals surface area contributed by atoms with E-state index in [2.05, 4.69) is 15.3 Å². The normalized spacial score (nSPS) is 34.9. The average molecular weight is 311 g/mol. The van der Waals surface area contributed by atoms with Crippen molar-refractivity contribution in [2.75, 3.05) is 5.32 Å². The minimum absolute atomic E-state index is 0.283. The topological polar surface area (TPSA) is 78.0 Å². The number of carbonyl (C=O) groups is 1. The summed E-state index contributed by atoms with van der Waals surface area (Å²) in [5.74, 6) is 2.33. The first-order chi connectivity index (χ1) is 11.2. The molecule has 4 aliphatic rings. The number of aromatic amines is 1. The number of hydrogen-bond acceptors (Lipinski definition) is 3. The van der Waals surface area contributed by atoms with Crippen LogP contribution in [0.3, 0.4) is 0 Å². The van der Waals surface area contributed by atoms with E-state index in [4.69, 9.17) is 0 Å². The molecule has 6 rings (SSSR count). The van der Waals surface area contributed by atoms with Crippen LogP contribution >= 0.6 is 0 Å². The SMILES string of the molecule is O=C(O)c1cnc2[nH]ccc2c1NC1[C@H]2C[C@@H]3C[C@@H](C[C@H]1C3)C2. The quantitative estimate of drug-likeness (QED) is 0.810. The Kier molecular flexibility index (Phi) is 2.75.